The Labute approximate surface area is 105 Å². The number of hydrogen-bond donors (Lipinski definition) is 4. The Balaban J connectivity index is 2.01. The topological polar surface area (TPSA) is 108 Å². The predicted octanol–water partition coefficient (Wildman–Crippen LogP) is -1.89. The van der Waals surface area contributed by atoms with E-state index in [4.69, 9.17) is 14.6 Å². The molecule has 0 aliphatic carbocycles. The first-order valence-electron chi connectivity index (χ1n) is 6.08. The SMILES string of the molecule is CC(=O)N[C@@H]1CC[C@H]2O[C@H](CO)[C@H](O)[C@H](O)[C@H]2O1. The molecule has 2 heterocycles. The van der Waals surface area contributed by atoms with Crippen molar-refractivity contribution < 1.29 is 29.6 Å². The van der Waals surface area contributed by atoms with E-state index in [-0.39, 0.29) is 18.6 Å². The molecule has 0 bridgehead atoms. The molecule has 0 spiro atoms. The summed E-state index contributed by atoms with van der Waals surface area (Å²) in [6.07, 6.45) is -3.47. The van der Waals surface area contributed by atoms with Crippen LogP contribution in [0.1, 0.15) is 19.8 Å². The van der Waals surface area contributed by atoms with E-state index in [0.29, 0.717) is 12.8 Å². The van der Waals surface area contributed by atoms with Gasteiger partial charge >= 0.3 is 0 Å². The number of amides is 1. The quantitative estimate of drug-likeness (QED) is 0.463. The molecule has 2 aliphatic rings. The Kier molecular flexibility index (Phi) is 4.18. The highest BCUT2D eigenvalue weighted by Crippen LogP contribution is 2.31. The van der Waals surface area contributed by atoms with Gasteiger partial charge in [0.1, 0.15) is 30.6 Å². The van der Waals surface area contributed by atoms with Crippen LogP contribution in [-0.2, 0) is 14.3 Å². The minimum absolute atomic E-state index is 0.210. The van der Waals surface area contributed by atoms with Crippen LogP contribution < -0.4 is 5.32 Å². The van der Waals surface area contributed by atoms with Gasteiger partial charge < -0.3 is 30.1 Å². The van der Waals surface area contributed by atoms with Crippen LogP contribution in [0.5, 0.6) is 0 Å². The van der Waals surface area contributed by atoms with Crippen molar-refractivity contribution in [1.29, 1.82) is 0 Å². The van der Waals surface area contributed by atoms with E-state index in [2.05, 4.69) is 5.32 Å². The molecule has 4 N–H and O–H groups in total. The van der Waals surface area contributed by atoms with Crippen molar-refractivity contribution in [3.8, 4) is 0 Å². The van der Waals surface area contributed by atoms with E-state index in [1.165, 1.54) is 6.92 Å². The number of hydrogen-bond acceptors (Lipinski definition) is 6. The maximum Gasteiger partial charge on any atom is 0.218 e. The number of nitrogens with one attached hydrogen (secondary N) is 1. The Morgan fingerprint density at radius 3 is 2.61 bits per heavy atom. The molecule has 2 aliphatic heterocycles. The molecular weight excluding hydrogens is 242 g/mol. The number of aliphatic hydroxyl groups excluding tert-OH is 3. The molecule has 7 heteroatoms. The van der Waals surface area contributed by atoms with Gasteiger partial charge in [-0.25, -0.2) is 0 Å². The summed E-state index contributed by atoms with van der Waals surface area (Å²) >= 11 is 0. The third-order valence-electron chi connectivity index (χ3n) is 3.36. The van der Waals surface area contributed by atoms with E-state index in [9.17, 15) is 15.0 Å². The van der Waals surface area contributed by atoms with Crippen LogP contribution >= 0.6 is 0 Å². The van der Waals surface area contributed by atoms with Crippen molar-refractivity contribution in [1.82, 2.24) is 5.32 Å². The van der Waals surface area contributed by atoms with Crippen LogP contribution in [0, 0.1) is 0 Å². The fourth-order valence-corrected chi connectivity index (χ4v) is 2.47. The number of rotatable bonds is 2. The van der Waals surface area contributed by atoms with Gasteiger partial charge in [-0.3, -0.25) is 4.79 Å². The van der Waals surface area contributed by atoms with Gasteiger partial charge in [0.15, 0.2) is 0 Å². The van der Waals surface area contributed by atoms with Gasteiger partial charge in [0.25, 0.3) is 0 Å². The molecule has 0 aromatic heterocycles. The lowest BCUT2D eigenvalue weighted by molar-refractivity contribution is -0.270. The Morgan fingerprint density at radius 2 is 2.00 bits per heavy atom. The first-order valence-corrected chi connectivity index (χ1v) is 6.08. The van der Waals surface area contributed by atoms with Crippen LogP contribution in [0.4, 0.5) is 0 Å². The lowest BCUT2D eigenvalue weighted by Gasteiger charge is -2.46. The zero-order valence-electron chi connectivity index (χ0n) is 10.2. The Morgan fingerprint density at radius 1 is 1.28 bits per heavy atom. The maximum absolute atomic E-state index is 10.9. The molecule has 0 unspecified atom stereocenters. The average Bonchev–Trinajstić information content (AvgIpc) is 2.33. The summed E-state index contributed by atoms with van der Waals surface area (Å²) < 4.78 is 11.0. The molecule has 0 aromatic rings. The molecule has 104 valence electrons. The van der Waals surface area contributed by atoms with Gasteiger partial charge in [0.2, 0.25) is 5.91 Å². The Bertz CT molecular complexity index is 310. The monoisotopic (exact) mass is 261 g/mol. The molecule has 0 radical (unpaired) electrons. The van der Waals surface area contributed by atoms with Crippen molar-refractivity contribution in [3.05, 3.63) is 0 Å². The van der Waals surface area contributed by atoms with E-state index in [1.54, 1.807) is 0 Å². The molecule has 0 saturated carbocycles. The van der Waals surface area contributed by atoms with Gasteiger partial charge in [0.05, 0.1) is 12.7 Å². The van der Waals surface area contributed by atoms with Gasteiger partial charge in [-0.2, -0.15) is 0 Å². The summed E-state index contributed by atoms with van der Waals surface area (Å²) in [4.78, 5) is 10.9. The minimum atomic E-state index is -1.19. The number of fused-ring (bicyclic) bond motifs is 1. The first-order chi connectivity index (χ1) is 8.52. The standard InChI is InChI=1S/C11H19NO6/c1-5(14)12-8-3-2-6-11(18-8)10(16)9(15)7(4-13)17-6/h6-11,13,15-16H,2-4H2,1H3,(H,12,14)/t6-,7-,8+,9+,10+,11+/m1/s1. The minimum Gasteiger partial charge on any atom is -0.394 e. The zero-order chi connectivity index (χ0) is 13.3. The zero-order valence-corrected chi connectivity index (χ0v) is 10.2. The third kappa shape index (κ3) is 2.65. The van der Waals surface area contributed by atoms with Gasteiger partial charge in [-0.15, -0.1) is 0 Å². The molecule has 2 saturated heterocycles. The summed E-state index contributed by atoms with van der Waals surface area (Å²) in [5.41, 5.74) is 0. The van der Waals surface area contributed by atoms with E-state index >= 15 is 0 Å². The van der Waals surface area contributed by atoms with Crippen LogP contribution in [0.25, 0.3) is 0 Å². The van der Waals surface area contributed by atoms with Gasteiger partial charge in [-0.1, -0.05) is 0 Å². The number of aliphatic hydroxyl groups is 3. The fourth-order valence-electron chi connectivity index (χ4n) is 2.47. The molecular formula is C11H19NO6. The lowest BCUT2D eigenvalue weighted by Crippen LogP contribution is -2.62. The lowest BCUT2D eigenvalue weighted by atomic mass is 9.90. The highest BCUT2D eigenvalue weighted by atomic mass is 16.6. The number of carbonyl (C=O) groups excluding carboxylic acids is 1. The van der Waals surface area contributed by atoms with Gasteiger partial charge in [-0.05, 0) is 12.8 Å². The molecule has 18 heavy (non-hydrogen) atoms. The Hall–Kier alpha value is -0.730. The van der Waals surface area contributed by atoms with Crippen molar-refractivity contribution in [3.63, 3.8) is 0 Å². The number of ether oxygens (including phenoxy) is 2. The first kappa shape index (κ1) is 13.7. The van der Waals surface area contributed by atoms with E-state index < -0.39 is 30.6 Å². The summed E-state index contributed by atoms with van der Waals surface area (Å²) in [5, 5.41) is 31.4. The molecule has 2 fully saturated rings. The molecule has 6 atom stereocenters. The van der Waals surface area contributed by atoms with Crippen molar-refractivity contribution in [2.75, 3.05) is 6.61 Å². The average molecular weight is 261 g/mol. The van der Waals surface area contributed by atoms with Crippen molar-refractivity contribution >= 4 is 5.91 Å². The second-order valence-electron chi connectivity index (χ2n) is 4.74. The van der Waals surface area contributed by atoms with Crippen molar-refractivity contribution in [2.24, 2.45) is 0 Å². The molecule has 0 aromatic carbocycles. The molecule has 1 amide bonds. The second-order valence-corrected chi connectivity index (χ2v) is 4.74. The summed E-state index contributed by atoms with van der Waals surface area (Å²) in [6.45, 7) is 1.04. The van der Waals surface area contributed by atoms with E-state index in [0.717, 1.165) is 0 Å². The van der Waals surface area contributed by atoms with E-state index in [1.807, 2.05) is 0 Å². The summed E-state index contributed by atoms with van der Waals surface area (Å²) in [5.74, 6) is -0.210. The molecule has 2 rings (SSSR count). The molecule has 7 nitrogen and oxygen atoms in total. The number of carbonyl (C=O) groups is 1. The largest absolute Gasteiger partial charge is 0.394 e. The van der Waals surface area contributed by atoms with Crippen LogP contribution in [0.2, 0.25) is 0 Å². The normalized spacial score (nSPS) is 44.2. The summed E-state index contributed by atoms with van der Waals surface area (Å²) in [6, 6.07) is 0. The van der Waals surface area contributed by atoms with Crippen LogP contribution in [0.3, 0.4) is 0 Å². The predicted molar refractivity (Wildman–Crippen MR) is 59.5 cm³/mol. The highest BCUT2D eigenvalue weighted by Gasteiger charge is 2.47. The summed E-state index contributed by atoms with van der Waals surface area (Å²) in [7, 11) is 0. The maximum atomic E-state index is 10.9. The van der Waals surface area contributed by atoms with Crippen LogP contribution in [-0.4, -0.2) is 64.6 Å². The second kappa shape index (κ2) is 5.50. The highest BCUT2D eigenvalue weighted by molar-refractivity contribution is 5.73. The third-order valence-corrected chi connectivity index (χ3v) is 3.36. The van der Waals surface area contributed by atoms with Gasteiger partial charge in [0, 0.05) is 6.92 Å². The smallest absolute Gasteiger partial charge is 0.218 e. The fraction of sp³-hybridized carbons (Fsp3) is 0.909. The van der Waals surface area contributed by atoms with Crippen molar-refractivity contribution in [2.45, 2.75) is 56.5 Å². The van der Waals surface area contributed by atoms with Crippen LogP contribution in [0.15, 0.2) is 0 Å².